The number of halogens is 1. The second-order valence-electron chi connectivity index (χ2n) is 4.29. The van der Waals surface area contributed by atoms with Gasteiger partial charge in [0.25, 0.3) is 0 Å². The minimum atomic E-state index is -0.268. The standard InChI is InChI=1S/C11H12ClN3/c1-7-3-2-6-15-9(12)8(14-10(7)15)11(13)4-5-11/h2-3,6H,4-5,13H2,1H3. The summed E-state index contributed by atoms with van der Waals surface area (Å²) in [7, 11) is 0. The van der Waals surface area contributed by atoms with Gasteiger partial charge in [-0.2, -0.15) is 0 Å². The quantitative estimate of drug-likeness (QED) is 0.803. The molecule has 78 valence electrons. The van der Waals surface area contributed by atoms with E-state index in [0.29, 0.717) is 5.15 Å². The molecule has 15 heavy (non-hydrogen) atoms. The highest BCUT2D eigenvalue weighted by atomic mass is 35.5. The molecule has 3 nitrogen and oxygen atoms in total. The number of nitrogens with two attached hydrogens (primary N) is 1. The van der Waals surface area contributed by atoms with Crippen LogP contribution in [0, 0.1) is 6.92 Å². The first-order valence-electron chi connectivity index (χ1n) is 5.04. The maximum absolute atomic E-state index is 6.27. The van der Waals surface area contributed by atoms with E-state index >= 15 is 0 Å². The molecule has 2 aromatic rings. The first-order chi connectivity index (χ1) is 7.12. The van der Waals surface area contributed by atoms with Gasteiger partial charge in [0.1, 0.15) is 10.8 Å². The highest BCUT2D eigenvalue weighted by Crippen LogP contribution is 2.45. The molecule has 1 aliphatic rings. The van der Waals surface area contributed by atoms with Gasteiger partial charge in [-0.05, 0) is 31.4 Å². The van der Waals surface area contributed by atoms with Crippen molar-refractivity contribution in [1.29, 1.82) is 0 Å². The Balaban J connectivity index is 2.34. The molecule has 0 aromatic carbocycles. The molecule has 0 atom stereocenters. The molecule has 0 unspecified atom stereocenters. The Labute approximate surface area is 92.9 Å². The van der Waals surface area contributed by atoms with Crippen molar-refractivity contribution in [3.8, 4) is 0 Å². The number of pyridine rings is 1. The molecule has 2 heterocycles. The van der Waals surface area contributed by atoms with E-state index in [0.717, 1.165) is 29.7 Å². The monoisotopic (exact) mass is 221 g/mol. The van der Waals surface area contributed by atoms with Crippen molar-refractivity contribution >= 4 is 17.2 Å². The first kappa shape index (κ1) is 9.19. The second kappa shape index (κ2) is 2.74. The Morgan fingerprint density at radius 2 is 2.27 bits per heavy atom. The van der Waals surface area contributed by atoms with Crippen LogP contribution in [0.25, 0.3) is 5.65 Å². The van der Waals surface area contributed by atoms with Gasteiger partial charge in [-0.1, -0.05) is 17.7 Å². The third-order valence-corrected chi connectivity index (χ3v) is 3.41. The summed E-state index contributed by atoms with van der Waals surface area (Å²) in [5.41, 5.74) is 8.73. The molecule has 2 aromatic heterocycles. The van der Waals surface area contributed by atoms with E-state index in [-0.39, 0.29) is 5.54 Å². The lowest BCUT2D eigenvalue weighted by atomic mass is 10.2. The number of hydrogen-bond donors (Lipinski definition) is 1. The second-order valence-corrected chi connectivity index (χ2v) is 4.65. The van der Waals surface area contributed by atoms with Gasteiger partial charge in [0, 0.05) is 6.20 Å². The topological polar surface area (TPSA) is 43.3 Å². The van der Waals surface area contributed by atoms with Gasteiger partial charge >= 0.3 is 0 Å². The normalized spacial score (nSPS) is 18.3. The van der Waals surface area contributed by atoms with Gasteiger partial charge in [0.15, 0.2) is 0 Å². The van der Waals surface area contributed by atoms with Crippen LogP contribution < -0.4 is 5.73 Å². The number of aryl methyl sites for hydroxylation is 1. The van der Waals surface area contributed by atoms with Gasteiger partial charge < -0.3 is 5.73 Å². The van der Waals surface area contributed by atoms with Crippen LogP contribution in [-0.2, 0) is 5.54 Å². The van der Waals surface area contributed by atoms with Crippen LogP contribution in [0.5, 0.6) is 0 Å². The van der Waals surface area contributed by atoms with Gasteiger partial charge in [-0.15, -0.1) is 0 Å². The lowest BCUT2D eigenvalue weighted by molar-refractivity contribution is 0.715. The van der Waals surface area contributed by atoms with E-state index < -0.39 is 0 Å². The van der Waals surface area contributed by atoms with Gasteiger partial charge in [0.2, 0.25) is 0 Å². The van der Waals surface area contributed by atoms with Crippen molar-refractivity contribution in [2.45, 2.75) is 25.3 Å². The Morgan fingerprint density at radius 1 is 1.53 bits per heavy atom. The lowest BCUT2D eigenvalue weighted by Gasteiger charge is -2.03. The molecular formula is C11H12ClN3. The van der Waals surface area contributed by atoms with Crippen LogP contribution in [0.2, 0.25) is 5.15 Å². The summed E-state index contributed by atoms with van der Waals surface area (Å²) < 4.78 is 1.90. The summed E-state index contributed by atoms with van der Waals surface area (Å²) in [5.74, 6) is 0. The van der Waals surface area contributed by atoms with E-state index in [1.54, 1.807) is 0 Å². The zero-order valence-corrected chi connectivity index (χ0v) is 9.25. The Bertz CT molecular complexity index is 540. The molecule has 4 heteroatoms. The smallest absolute Gasteiger partial charge is 0.141 e. The largest absolute Gasteiger partial charge is 0.320 e. The molecular weight excluding hydrogens is 210 g/mol. The Morgan fingerprint density at radius 3 is 2.87 bits per heavy atom. The van der Waals surface area contributed by atoms with Crippen molar-refractivity contribution in [2.24, 2.45) is 5.73 Å². The summed E-state index contributed by atoms with van der Waals surface area (Å²) in [4.78, 5) is 4.55. The summed E-state index contributed by atoms with van der Waals surface area (Å²) in [6.07, 6.45) is 3.89. The lowest BCUT2D eigenvalue weighted by Crippen LogP contribution is -2.19. The summed E-state index contributed by atoms with van der Waals surface area (Å²) in [6.45, 7) is 2.03. The Kier molecular flexibility index (Phi) is 1.68. The number of fused-ring (bicyclic) bond motifs is 1. The van der Waals surface area contributed by atoms with Gasteiger partial charge in [-0.25, -0.2) is 4.98 Å². The van der Waals surface area contributed by atoms with Crippen LogP contribution in [0.15, 0.2) is 18.3 Å². The SMILES string of the molecule is Cc1cccn2c(Cl)c(C3(N)CC3)nc12. The predicted molar refractivity (Wildman–Crippen MR) is 60.0 cm³/mol. The molecule has 1 aliphatic carbocycles. The van der Waals surface area contributed by atoms with E-state index in [4.69, 9.17) is 17.3 Å². The minimum Gasteiger partial charge on any atom is -0.320 e. The number of nitrogens with zero attached hydrogens (tertiary/aromatic N) is 2. The van der Waals surface area contributed by atoms with E-state index in [2.05, 4.69) is 4.98 Å². The summed E-state index contributed by atoms with van der Waals surface area (Å²) in [5, 5.41) is 0.661. The van der Waals surface area contributed by atoms with Crippen LogP contribution in [0.1, 0.15) is 24.1 Å². The third kappa shape index (κ3) is 1.20. The molecule has 1 fully saturated rings. The molecule has 0 saturated heterocycles. The molecule has 0 spiro atoms. The van der Waals surface area contributed by atoms with Crippen molar-refractivity contribution in [3.05, 3.63) is 34.7 Å². The fraction of sp³-hybridized carbons (Fsp3) is 0.364. The maximum atomic E-state index is 6.27. The molecule has 2 N–H and O–H groups in total. The van der Waals surface area contributed by atoms with Gasteiger partial charge in [-0.3, -0.25) is 4.40 Å². The van der Waals surface area contributed by atoms with Crippen molar-refractivity contribution in [2.75, 3.05) is 0 Å². The van der Waals surface area contributed by atoms with E-state index in [1.165, 1.54) is 0 Å². The molecule has 0 bridgehead atoms. The van der Waals surface area contributed by atoms with Crippen molar-refractivity contribution in [1.82, 2.24) is 9.38 Å². The fourth-order valence-corrected chi connectivity index (χ4v) is 2.23. The highest BCUT2D eigenvalue weighted by Gasteiger charge is 2.44. The zero-order valence-electron chi connectivity index (χ0n) is 8.50. The van der Waals surface area contributed by atoms with Crippen molar-refractivity contribution < 1.29 is 0 Å². The zero-order chi connectivity index (χ0) is 10.6. The molecule has 0 radical (unpaired) electrons. The number of aromatic nitrogens is 2. The van der Waals surface area contributed by atoms with Crippen LogP contribution >= 0.6 is 11.6 Å². The summed E-state index contributed by atoms with van der Waals surface area (Å²) >= 11 is 6.27. The van der Waals surface area contributed by atoms with E-state index in [9.17, 15) is 0 Å². The van der Waals surface area contributed by atoms with Crippen molar-refractivity contribution in [3.63, 3.8) is 0 Å². The maximum Gasteiger partial charge on any atom is 0.141 e. The van der Waals surface area contributed by atoms with Crippen LogP contribution in [0.4, 0.5) is 0 Å². The average Bonchev–Trinajstić information content (AvgIpc) is 2.85. The fourth-order valence-electron chi connectivity index (χ4n) is 1.86. The summed E-state index contributed by atoms with van der Waals surface area (Å²) in [6, 6.07) is 3.99. The Hall–Kier alpha value is -1.06. The molecule has 3 rings (SSSR count). The molecule has 0 amide bonds. The van der Waals surface area contributed by atoms with Crippen LogP contribution in [0.3, 0.4) is 0 Å². The minimum absolute atomic E-state index is 0.268. The third-order valence-electron chi connectivity index (χ3n) is 3.05. The van der Waals surface area contributed by atoms with Crippen LogP contribution in [-0.4, -0.2) is 9.38 Å². The average molecular weight is 222 g/mol. The first-order valence-corrected chi connectivity index (χ1v) is 5.42. The predicted octanol–water partition coefficient (Wildman–Crippen LogP) is 2.24. The number of hydrogen-bond acceptors (Lipinski definition) is 2. The van der Waals surface area contributed by atoms with Gasteiger partial charge in [0.05, 0.1) is 11.2 Å². The molecule has 1 saturated carbocycles. The number of rotatable bonds is 1. The highest BCUT2D eigenvalue weighted by molar-refractivity contribution is 6.30. The molecule has 0 aliphatic heterocycles. The number of imidazole rings is 1. The van der Waals surface area contributed by atoms with E-state index in [1.807, 2.05) is 29.7 Å².